The smallest absolute Gasteiger partial charge is 0.333 e. The zero-order valence-corrected chi connectivity index (χ0v) is 16.8. The Kier molecular flexibility index (Phi) is 4.70. The van der Waals surface area contributed by atoms with Crippen LogP contribution < -0.4 is 14.9 Å². The van der Waals surface area contributed by atoms with Crippen LogP contribution in [0.25, 0.3) is 0 Å². The van der Waals surface area contributed by atoms with E-state index in [0.717, 1.165) is 55.3 Å². The molecule has 2 N–H and O–H groups in total. The molecule has 2 aliphatic carbocycles. The zero-order chi connectivity index (χ0) is 19.9. The number of aryl methyl sites for hydroxylation is 2. The second-order valence-corrected chi connectivity index (χ2v) is 9.01. The fraction of sp³-hybridized carbons (Fsp3) is 0.421. The fourth-order valence-electron chi connectivity index (χ4n) is 4.12. The summed E-state index contributed by atoms with van der Waals surface area (Å²) in [7, 11) is -0.759. The number of hydrogen-bond donors (Lipinski definition) is 2. The number of hydrogen-bond acceptors (Lipinski definition) is 6. The van der Waals surface area contributed by atoms with Crippen molar-refractivity contribution < 1.29 is 13.2 Å². The van der Waals surface area contributed by atoms with E-state index >= 15 is 0 Å². The van der Waals surface area contributed by atoms with E-state index in [1.807, 2.05) is 0 Å². The number of benzene rings is 1. The number of sulfonamides is 1. The van der Waals surface area contributed by atoms with Gasteiger partial charge in [0.05, 0.1) is 11.9 Å². The lowest BCUT2D eigenvalue weighted by molar-refractivity contribution is 0.256. The van der Waals surface area contributed by atoms with Crippen molar-refractivity contribution in [1.82, 2.24) is 14.9 Å². The molecule has 0 unspecified atom stereocenters. The molecule has 0 atom stereocenters. The molecule has 1 heterocycles. The highest BCUT2D eigenvalue weighted by atomic mass is 32.2. The first-order valence-corrected chi connectivity index (χ1v) is 10.8. The van der Waals surface area contributed by atoms with Gasteiger partial charge in [0, 0.05) is 19.8 Å². The van der Waals surface area contributed by atoms with Gasteiger partial charge in [-0.1, -0.05) is 6.07 Å². The van der Waals surface area contributed by atoms with Gasteiger partial charge in [0.15, 0.2) is 0 Å². The standard InChI is InChI=1S/C19H23N5O3S/c1-24(2)16-9-10-20-22-18(16)28(26,27)23-19(25)21-17-14-7-3-5-12(14)11-13-6-4-8-15(13)17/h9-11H,3-8H2,1-2H3,(H2,21,23,25). The number of fused-ring (bicyclic) bond motifs is 2. The van der Waals surface area contributed by atoms with Crippen LogP contribution >= 0.6 is 0 Å². The Hall–Kier alpha value is -2.68. The Morgan fingerprint density at radius 1 is 1.07 bits per heavy atom. The maximum Gasteiger partial charge on any atom is 0.333 e. The number of rotatable bonds is 4. The predicted molar refractivity (Wildman–Crippen MR) is 106 cm³/mol. The number of aromatic nitrogens is 2. The molecule has 8 nitrogen and oxygen atoms in total. The summed E-state index contributed by atoms with van der Waals surface area (Å²) < 4.78 is 27.5. The third-order valence-electron chi connectivity index (χ3n) is 5.34. The molecule has 0 aliphatic heterocycles. The minimum atomic E-state index is -4.16. The first kappa shape index (κ1) is 18.7. The Balaban J connectivity index is 1.61. The highest BCUT2D eigenvalue weighted by Gasteiger charge is 2.28. The maximum absolute atomic E-state index is 12.7. The second-order valence-electron chi connectivity index (χ2n) is 7.41. The number of nitrogens with one attached hydrogen (secondary N) is 2. The molecule has 148 valence electrons. The number of nitrogens with zero attached hydrogens (tertiary/aromatic N) is 3. The molecule has 28 heavy (non-hydrogen) atoms. The van der Waals surface area contributed by atoms with Gasteiger partial charge in [-0.3, -0.25) is 0 Å². The van der Waals surface area contributed by atoms with E-state index in [-0.39, 0.29) is 5.03 Å². The van der Waals surface area contributed by atoms with Crippen molar-refractivity contribution in [2.75, 3.05) is 24.3 Å². The summed E-state index contributed by atoms with van der Waals surface area (Å²) in [5.74, 6) is 0. The van der Waals surface area contributed by atoms with E-state index in [4.69, 9.17) is 0 Å². The molecular weight excluding hydrogens is 378 g/mol. The van der Waals surface area contributed by atoms with E-state index < -0.39 is 16.1 Å². The summed E-state index contributed by atoms with van der Waals surface area (Å²) in [4.78, 5) is 14.2. The van der Waals surface area contributed by atoms with Gasteiger partial charge < -0.3 is 10.2 Å². The van der Waals surface area contributed by atoms with Gasteiger partial charge in [-0.05, 0) is 66.8 Å². The predicted octanol–water partition coefficient (Wildman–Crippen LogP) is 2.03. The Morgan fingerprint density at radius 2 is 1.71 bits per heavy atom. The first-order chi connectivity index (χ1) is 13.4. The van der Waals surface area contributed by atoms with Crippen LogP contribution in [0.5, 0.6) is 0 Å². The van der Waals surface area contributed by atoms with Crippen molar-refractivity contribution in [3.63, 3.8) is 0 Å². The van der Waals surface area contributed by atoms with Crippen LogP contribution in [0.3, 0.4) is 0 Å². The van der Waals surface area contributed by atoms with E-state index in [1.54, 1.807) is 19.0 Å². The maximum atomic E-state index is 12.7. The molecular formula is C19H23N5O3S. The SMILES string of the molecule is CN(C)c1ccnnc1S(=O)(=O)NC(=O)Nc1c2c(cc3c1CCC3)CCC2. The lowest BCUT2D eigenvalue weighted by atomic mass is 9.99. The van der Waals surface area contributed by atoms with Crippen molar-refractivity contribution in [2.24, 2.45) is 0 Å². The van der Waals surface area contributed by atoms with Crippen LogP contribution in [0.2, 0.25) is 0 Å². The van der Waals surface area contributed by atoms with Gasteiger partial charge in [0.1, 0.15) is 0 Å². The molecule has 9 heteroatoms. The van der Waals surface area contributed by atoms with Crippen LogP contribution in [0.4, 0.5) is 16.2 Å². The van der Waals surface area contributed by atoms with Crippen molar-refractivity contribution in [2.45, 2.75) is 43.6 Å². The van der Waals surface area contributed by atoms with E-state index in [1.165, 1.54) is 23.4 Å². The molecule has 0 saturated heterocycles. The van der Waals surface area contributed by atoms with Crippen molar-refractivity contribution in [3.8, 4) is 0 Å². The minimum Gasteiger partial charge on any atom is -0.375 e. The topological polar surface area (TPSA) is 104 Å². The average molecular weight is 401 g/mol. The molecule has 1 aromatic heterocycles. The third-order valence-corrected chi connectivity index (χ3v) is 6.60. The summed E-state index contributed by atoms with van der Waals surface area (Å²) in [6.45, 7) is 0. The number of carbonyl (C=O) groups is 1. The van der Waals surface area contributed by atoms with Crippen LogP contribution in [0.15, 0.2) is 23.4 Å². The van der Waals surface area contributed by atoms with Crippen LogP contribution in [-0.2, 0) is 35.7 Å². The summed E-state index contributed by atoms with van der Waals surface area (Å²) in [6.07, 6.45) is 7.33. The monoisotopic (exact) mass is 401 g/mol. The van der Waals surface area contributed by atoms with E-state index in [9.17, 15) is 13.2 Å². The molecule has 0 saturated carbocycles. The van der Waals surface area contributed by atoms with Gasteiger partial charge in [0.2, 0.25) is 5.03 Å². The van der Waals surface area contributed by atoms with Gasteiger partial charge in [-0.2, -0.15) is 13.5 Å². The van der Waals surface area contributed by atoms with Gasteiger partial charge >= 0.3 is 6.03 Å². The Labute approximate surface area is 164 Å². The van der Waals surface area contributed by atoms with Crippen molar-refractivity contribution >= 4 is 27.4 Å². The molecule has 2 amide bonds. The van der Waals surface area contributed by atoms with Crippen LogP contribution in [0.1, 0.15) is 35.1 Å². The quantitative estimate of drug-likeness (QED) is 0.812. The minimum absolute atomic E-state index is 0.279. The van der Waals surface area contributed by atoms with Crippen molar-refractivity contribution in [3.05, 3.63) is 40.6 Å². The number of urea groups is 1. The van der Waals surface area contributed by atoms with E-state index in [0.29, 0.717) is 5.69 Å². The molecule has 0 bridgehead atoms. The Morgan fingerprint density at radius 3 is 2.32 bits per heavy atom. The lowest BCUT2D eigenvalue weighted by Gasteiger charge is -2.18. The van der Waals surface area contributed by atoms with Gasteiger partial charge in [-0.15, -0.1) is 5.10 Å². The fourth-order valence-corrected chi connectivity index (χ4v) is 5.19. The number of carbonyl (C=O) groups excluding carboxylic acids is 1. The highest BCUT2D eigenvalue weighted by molar-refractivity contribution is 7.90. The molecule has 0 radical (unpaired) electrons. The van der Waals surface area contributed by atoms with Gasteiger partial charge in [0.25, 0.3) is 10.0 Å². The van der Waals surface area contributed by atoms with E-state index in [2.05, 4.69) is 26.3 Å². The second kappa shape index (κ2) is 7.05. The van der Waals surface area contributed by atoms with Crippen molar-refractivity contribution in [1.29, 1.82) is 0 Å². The molecule has 0 spiro atoms. The largest absolute Gasteiger partial charge is 0.375 e. The average Bonchev–Trinajstić information content (AvgIpc) is 3.30. The molecule has 2 aliphatic rings. The van der Waals surface area contributed by atoms with Crippen LogP contribution in [-0.4, -0.2) is 38.7 Å². The molecule has 0 fully saturated rings. The van der Waals surface area contributed by atoms with Gasteiger partial charge in [-0.25, -0.2) is 9.52 Å². The summed E-state index contributed by atoms with van der Waals surface area (Å²) in [5.41, 5.74) is 5.97. The lowest BCUT2D eigenvalue weighted by Crippen LogP contribution is -2.36. The summed E-state index contributed by atoms with van der Waals surface area (Å²) in [6, 6.07) is 3.02. The highest BCUT2D eigenvalue weighted by Crippen LogP contribution is 2.38. The number of amides is 2. The Bertz CT molecular complexity index is 1020. The molecule has 4 rings (SSSR count). The summed E-state index contributed by atoms with van der Waals surface area (Å²) >= 11 is 0. The van der Waals surface area contributed by atoms with Crippen LogP contribution in [0, 0.1) is 0 Å². The summed E-state index contributed by atoms with van der Waals surface area (Å²) in [5, 5.41) is 9.92. The first-order valence-electron chi connectivity index (χ1n) is 9.36. The molecule has 1 aromatic carbocycles. The number of anilines is 2. The zero-order valence-electron chi connectivity index (χ0n) is 15.9. The normalized spacial score (nSPS) is 15.1. The third kappa shape index (κ3) is 3.30. The molecule has 2 aromatic rings.